The van der Waals surface area contributed by atoms with Crippen molar-refractivity contribution in [1.82, 2.24) is 5.32 Å². The molecule has 0 radical (unpaired) electrons. The fourth-order valence-electron chi connectivity index (χ4n) is 0.803. The van der Waals surface area contributed by atoms with Crippen molar-refractivity contribution in [3.63, 3.8) is 0 Å². The van der Waals surface area contributed by atoms with Gasteiger partial charge in [-0.05, 0) is 33.1 Å². The molecule has 0 fully saturated rings. The Morgan fingerprint density at radius 2 is 1.92 bits per heavy atom. The Bertz CT molecular complexity index is 109. The summed E-state index contributed by atoms with van der Waals surface area (Å²) in [6.45, 7) is 7.04. The zero-order chi connectivity index (χ0) is 9.56. The summed E-state index contributed by atoms with van der Waals surface area (Å²) < 4.78 is 0. The first-order valence-electron chi connectivity index (χ1n) is 4.52. The third-order valence-corrected chi connectivity index (χ3v) is 3.18. The van der Waals surface area contributed by atoms with Crippen LogP contribution in [0.15, 0.2) is 0 Å². The van der Waals surface area contributed by atoms with E-state index in [9.17, 15) is 5.11 Å². The summed E-state index contributed by atoms with van der Waals surface area (Å²) in [7, 11) is 0. The van der Waals surface area contributed by atoms with Crippen LogP contribution >= 0.6 is 11.8 Å². The van der Waals surface area contributed by atoms with Crippen LogP contribution in [0.2, 0.25) is 0 Å². The molecule has 12 heavy (non-hydrogen) atoms. The standard InChI is InChI=1S/C9H21NOS/c1-7(12-4)5-6-10-8(2)9(3)11/h7-11H,5-6H2,1-4H3. The number of aliphatic hydroxyl groups excluding tert-OH is 1. The molecule has 0 aliphatic carbocycles. The Morgan fingerprint density at radius 1 is 1.33 bits per heavy atom. The van der Waals surface area contributed by atoms with Gasteiger partial charge in [-0.2, -0.15) is 11.8 Å². The van der Waals surface area contributed by atoms with Crippen molar-refractivity contribution in [2.75, 3.05) is 12.8 Å². The van der Waals surface area contributed by atoms with Gasteiger partial charge in [0.05, 0.1) is 6.10 Å². The number of nitrogens with one attached hydrogen (secondary N) is 1. The largest absolute Gasteiger partial charge is 0.392 e. The van der Waals surface area contributed by atoms with E-state index in [0.29, 0.717) is 5.25 Å². The van der Waals surface area contributed by atoms with Crippen molar-refractivity contribution in [2.45, 2.75) is 44.6 Å². The third-order valence-electron chi connectivity index (χ3n) is 2.14. The van der Waals surface area contributed by atoms with Gasteiger partial charge in [0.2, 0.25) is 0 Å². The minimum absolute atomic E-state index is 0.207. The van der Waals surface area contributed by atoms with E-state index in [4.69, 9.17) is 0 Å². The van der Waals surface area contributed by atoms with E-state index in [0.717, 1.165) is 13.0 Å². The molecule has 0 saturated carbocycles. The zero-order valence-electron chi connectivity index (χ0n) is 8.50. The zero-order valence-corrected chi connectivity index (χ0v) is 9.32. The maximum atomic E-state index is 9.18. The second-order valence-corrected chi connectivity index (χ2v) is 4.59. The summed E-state index contributed by atoms with van der Waals surface area (Å²) >= 11 is 1.88. The number of rotatable bonds is 6. The summed E-state index contributed by atoms with van der Waals surface area (Å²) in [5.74, 6) is 0. The molecule has 2 N–H and O–H groups in total. The molecular weight excluding hydrogens is 170 g/mol. The van der Waals surface area contributed by atoms with E-state index in [1.54, 1.807) is 0 Å². The first-order chi connectivity index (χ1) is 5.57. The van der Waals surface area contributed by atoms with Crippen LogP contribution in [0.3, 0.4) is 0 Å². The molecule has 0 heterocycles. The van der Waals surface area contributed by atoms with Crippen LogP contribution in [-0.4, -0.2) is 35.3 Å². The van der Waals surface area contributed by atoms with Crippen LogP contribution in [0.5, 0.6) is 0 Å². The van der Waals surface area contributed by atoms with Crippen molar-refractivity contribution < 1.29 is 5.11 Å². The Hall–Kier alpha value is 0.270. The van der Waals surface area contributed by atoms with Crippen LogP contribution < -0.4 is 5.32 Å². The molecule has 0 bridgehead atoms. The van der Waals surface area contributed by atoms with Gasteiger partial charge >= 0.3 is 0 Å². The molecule has 0 spiro atoms. The Labute approximate surface area is 80.1 Å². The van der Waals surface area contributed by atoms with Crippen molar-refractivity contribution in [2.24, 2.45) is 0 Å². The Kier molecular flexibility index (Phi) is 6.90. The summed E-state index contributed by atoms with van der Waals surface area (Å²) in [5.41, 5.74) is 0. The van der Waals surface area contributed by atoms with Gasteiger partial charge in [0, 0.05) is 11.3 Å². The Balaban J connectivity index is 3.30. The van der Waals surface area contributed by atoms with E-state index in [-0.39, 0.29) is 12.1 Å². The highest BCUT2D eigenvalue weighted by Crippen LogP contribution is 2.08. The SMILES string of the molecule is CSC(C)CCNC(C)C(C)O. The highest BCUT2D eigenvalue weighted by atomic mass is 32.2. The van der Waals surface area contributed by atoms with Gasteiger partial charge in [-0.25, -0.2) is 0 Å². The average Bonchev–Trinajstić information content (AvgIpc) is 2.03. The van der Waals surface area contributed by atoms with Gasteiger partial charge in [0.25, 0.3) is 0 Å². The smallest absolute Gasteiger partial charge is 0.0662 e. The van der Waals surface area contributed by atoms with Crippen molar-refractivity contribution in [3.8, 4) is 0 Å². The van der Waals surface area contributed by atoms with E-state index in [1.165, 1.54) is 0 Å². The molecule has 3 heteroatoms. The van der Waals surface area contributed by atoms with E-state index in [1.807, 2.05) is 25.6 Å². The molecule has 0 aromatic heterocycles. The predicted molar refractivity (Wildman–Crippen MR) is 56.7 cm³/mol. The second kappa shape index (κ2) is 6.75. The van der Waals surface area contributed by atoms with Crippen LogP contribution in [0.4, 0.5) is 0 Å². The van der Waals surface area contributed by atoms with E-state index in [2.05, 4.69) is 18.5 Å². The fraction of sp³-hybridized carbons (Fsp3) is 1.00. The minimum atomic E-state index is -0.255. The molecular formula is C9H21NOS. The minimum Gasteiger partial charge on any atom is -0.392 e. The van der Waals surface area contributed by atoms with Crippen LogP contribution in [-0.2, 0) is 0 Å². The fourth-order valence-corrected chi connectivity index (χ4v) is 1.16. The predicted octanol–water partition coefficient (Wildman–Crippen LogP) is 1.49. The van der Waals surface area contributed by atoms with Gasteiger partial charge < -0.3 is 10.4 Å². The van der Waals surface area contributed by atoms with Gasteiger partial charge in [-0.15, -0.1) is 0 Å². The lowest BCUT2D eigenvalue weighted by Crippen LogP contribution is -2.36. The van der Waals surface area contributed by atoms with Gasteiger partial charge in [0.15, 0.2) is 0 Å². The maximum absolute atomic E-state index is 9.18. The summed E-state index contributed by atoms with van der Waals surface area (Å²) in [5, 5.41) is 13.2. The molecule has 0 rings (SSSR count). The molecule has 74 valence electrons. The normalized spacial score (nSPS) is 18.8. The second-order valence-electron chi connectivity index (χ2n) is 3.32. The van der Waals surface area contributed by atoms with Crippen molar-refractivity contribution in [3.05, 3.63) is 0 Å². The number of aliphatic hydroxyl groups is 1. The lowest BCUT2D eigenvalue weighted by molar-refractivity contribution is 0.153. The summed E-state index contributed by atoms with van der Waals surface area (Å²) in [6.07, 6.45) is 3.04. The van der Waals surface area contributed by atoms with Crippen LogP contribution in [0.25, 0.3) is 0 Å². The van der Waals surface area contributed by atoms with E-state index < -0.39 is 0 Å². The van der Waals surface area contributed by atoms with Gasteiger partial charge in [0.1, 0.15) is 0 Å². The van der Waals surface area contributed by atoms with Gasteiger partial charge in [-0.1, -0.05) is 6.92 Å². The summed E-state index contributed by atoms with van der Waals surface area (Å²) in [6, 6.07) is 0.207. The molecule has 0 aliphatic heterocycles. The quantitative estimate of drug-likeness (QED) is 0.667. The molecule has 0 saturated heterocycles. The first kappa shape index (κ1) is 12.3. The molecule has 0 amide bonds. The number of thioether (sulfide) groups is 1. The van der Waals surface area contributed by atoms with Gasteiger partial charge in [-0.3, -0.25) is 0 Å². The topological polar surface area (TPSA) is 32.3 Å². The molecule has 3 atom stereocenters. The molecule has 0 aromatic rings. The summed E-state index contributed by atoms with van der Waals surface area (Å²) in [4.78, 5) is 0. The number of hydrogen-bond acceptors (Lipinski definition) is 3. The van der Waals surface area contributed by atoms with E-state index >= 15 is 0 Å². The molecule has 3 unspecified atom stereocenters. The maximum Gasteiger partial charge on any atom is 0.0662 e. The number of hydrogen-bond donors (Lipinski definition) is 2. The molecule has 0 aliphatic rings. The molecule has 0 aromatic carbocycles. The monoisotopic (exact) mass is 191 g/mol. The Morgan fingerprint density at radius 3 is 2.33 bits per heavy atom. The first-order valence-corrected chi connectivity index (χ1v) is 5.81. The lowest BCUT2D eigenvalue weighted by atomic mass is 10.2. The highest BCUT2D eigenvalue weighted by Gasteiger charge is 2.07. The lowest BCUT2D eigenvalue weighted by Gasteiger charge is -2.17. The van der Waals surface area contributed by atoms with Crippen molar-refractivity contribution >= 4 is 11.8 Å². The third kappa shape index (κ3) is 5.86. The van der Waals surface area contributed by atoms with Crippen LogP contribution in [0, 0.1) is 0 Å². The van der Waals surface area contributed by atoms with Crippen LogP contribution in [0.1, 0.15) is 27.2 Å². The molecule has 2 nitrogen and oxygen atoms in total. The van der Waals surface area contributed by atoms with Crippen molar-refractivity contribution in [1.29, 1.82) is 0 Å². The average molecular weight is 191 g/mol. The highest BCUT2D eigenvalue weighted by molar-refractivity contribution is 7.99.